The molecule has 0 atom stereocenters. The minimum atomic E-state index is -0.397. The van der Waals surface area contributed by atoms with Crippen LogP contribution in [0.4, 0.5) is 0 Å². The summed E-state index contributed by atoms with van der Waals surface area (Å²) in [7, 11) is 2.89. The average Bonchev–Trinajstić information content (AvgIpc) is 2.36. The second-order valence-electron chi connectivity index (χ2n) is 3.21. The van der Waals surface area contributed by atoms with Crippen molar-refractivity contribution in [2.24, 2.45) is 0 Å². The number of methoxy groups -OCH3 is 2. The smallest absolute Gasteiger partial charge is 0.340 e. The lowest BCUT2D eigenvalue weighted by Crippen LogP contribution is -2.07. The number of aromatic nitrogens is 1. The van der Waals surface area contributed by atoms with Gasteiger partial charge in [0.1, 0.15) is 0 Å². The summed E-state index contributed by atoms with van der Waals surface area (Å²) in [6.07, 6.45) is 1.88. The standard InChI is InChI=1S/C12H15NO3/c1-5-8(2)11-9(12(14)16-4)6-7-10(13-11)15-3/h5-7H,1-4H3/b8-5+. The lowest BCUT2D eigenvalue weighted by molar-refractivity contribution is 0.0600. The third-order valence-electron chi connectivity index (χ3n) is 2.29. The van der Waals surface area contributed by atoms with Gasteiger partial charge in [-0.15, -0.1) is 0 Å². The number of carbonyl (C=O) groups is 1. The number of carbonyl (C=O) groups excluding carboxylic acids is 1. The third kappa shape index (κ3) is 2.39. The van der Waals surface area contributed by atoms with E-state index < -0.39 is 5.97 Å². The molecule has 86 valence electrons. The van der Waals surface area contributed by atoms with Crippen LogP contribution in [0.3, 0.4) is 0 Å². The van der Waals surface area contributed by atoms with E-state index in [0.717, 1.165) is 5.57 Å². The minimum absolute atomic E-state index is 0.397. The van der Waals surface area contributed by atoms with Crippen LogP contribution in [0.5, 0.6) is 5.88 Å². The topological polar surface area (TPSA) is 48.4 Å². The maximum atomic E-state index is 11.5. The van der Waals surface area contributed by atoms with Gasteiger partial charge in [0.15, 0.2) is 0 Å². The predicted molar refractivity (Wildman–Crippen MR) is 61.5 cm³/mol. The second-order valence-corrected chi connectivity index (χ2v) is 3.21. The Morgan fingerprint density at radius 1 is 1.38 bits per heavy atom. The molecule has 1 heterocycles. The molecule has 0 radical (unpaired) electrons. The van der Waals surface area contributed by atoms with E-state index in [1.807, 2.05) is 19.9 Å². The van der Waals surface area contributed by atoms with E-state index in [4.69, 9.17) is 9.47 Å². The van der Waals surface area contributed by atoms with Gasteiger partial charge < -0.3 is 9.47 Å². The molecule has 0 spiro atoms. The van der Waals surface area contributed by atoms with E-state index in [-0.39, 0.29) is 0 Å². The summed E-state index contributed by atoms with van der Waals surface area (Å²) >= 11 is 0. The Kier molecular flexibility index (Phi) is 4.05. The van der Waals surface area contributed by atoms with E-state index in [2.05, 4.69) is 4.98 Å². The molecule has 0 aliphatic heterocycles. The van der Waals surface area contributed by atoms with Crippen molar-refractivity contribution in [1.29, 1.82) is 0 Å². The maximum Gasteiger partial charge on any atom is 0.340 e. The molecule has 0 aliphatic rings. The van der Waals surface area contributed by atoms with Crippen molar-refractivity contribution in [2.45, 2.75) is 13.8 Å². The van der Waals surface area contributed by atoms with Crippen molar-refractivity contribution in [3.05, 3.63) is 29.5 Å². The fourth-order valence-corrected chi connectivity index (χ4v) is 1.27. The van der Waals surface area contributed by atoms with Crippen molar-refractivity contribution in [3.8, 4) is 5.88 Å². The summed E-state index contributed by atoms with van der Waals surface area (Å²) in [6.45, 7) is 3.77. The van der Waals surface area contributed by atoms with E-state index in [9.17, 15) is 4.79 Å². The van der Waals surface area contributed by atoms with Crippen molar-refractivity contribution in [2.75, 3.05) is 14.2 Å². The molecule has 0 bridgehead atoms. The monoisotopic (exact) mass is 221 g/mol. The highest BCUT2D eigenvalue weighted by Gasteiger charge is 2.15. The molecule has 0 fully saturated rings. The zero-order chi connectivity index (χ0) is 12.1. The lowest BCUT2D eigenvalue weighted by atomic mass is 10.1. The van der Waals surface area contributed by atoms with Crippen LogP contribution in [0.25, 0.3) is 5.57 Å². The minimum Gasteiger partial charge on any atom is -0.481 e. The highest BCUT2D eigenvalue weighted by atomic mass is 16.5. The maximum absolute atomic E-state index is 11.5. The first-order valence-electron chi connectivity index (χ1n) is 4.90. The number of esters is 1. The molecule has 0 aromatic carbocycles. The number of hydrogen-bond acceptors (Lipinski definition) is 4. The quantitative estimate of drug-likeness (QED) is 0.735. The molecular formula is C12H15NO3. The molecule has 1 rings (SSSR count). The number of hydrogen-bond donors (Lipinski definition) is 0. The summed E-state index contributed by atoms with van der Waals surface area (Å²) in [5.41, 5.74) is 1.94. The van der Waals surface area contributed by atoms with Crippen molar-refractivity contribution >= 4 is 11.5 Å². The van der Waals surface area contributed by atoms with Gasteiger partial charge in [-0.2, -0.15) is 0 Å². The molecule has 4 nitrogen and oxygen atoms in total. The molecule has 0 aliphatic carbocycles. The molecule has 16 heavy (non-hydrogen) atoms. The first-order valence-corrected chi connectivity index (χ1v) is 4.90. The first-order chi connectivity index (χ1) is 7.63. The number of rotatable bonds is 3. The van der Waals surface area contributed by atoms with Crippen molar-refractivity contribution in [3.63, 3.8) is 0 Å². The predicted octanol–water partition coefficient (Wildman–Crippen LogP) is 2.30. The Labute approximate surface area is 94.9 Å². The molecule has 0 amide bonds. The van der Waals surface area contributed by atoms with Crippen LogP contribution in [0.1, 0.15) is 29.9 Å². The Hall–Kier alpha value is -1.84. The van der Waals surface area contributed by atoms with Crippen LogP contribution in [0.2, 0.25) is 0 Å². The fourth-order valence-electron chi connectivity index (χ4n) is 1.27. The lowest BCUT2D eigenvalue weighted by Gasteiger charge is -2.08. The van der Waals surface area contributed by atoms with Crippen LogP contribution >= 0.6 is 0 Å². The Morgan fingerprint density at radius 3 is 2.56 bits per heavy atom. The Balaban J connectivity index is 3.32. The molecule has 4 heteroatoms. The number of pyridine rings is 1. The largest absolute Gasteiger partial charge is 0.481 e. The molecule has 1 aromatic heterocycles. The molecule has 0 saturated carbocycles. The van der Waals surface area contributed by atoms with Gasteiger partial charge in [-0.1, -0.05) is 6.08 Å². The van der Waals surface area contributed by atoms with Gasteiger partial charge in [-0.3, -0.25) is 0 Å². The zero-order valence-electron chi connectivity index (χ0n) is 9.90. The summed E-state index contributed by atoms with van der Waals surface area (Å²) in [6, 6.07) is 3.29. The third-order valence-corrected chi connectivity index (χ3v) is 2.29. The van der Waals surface area contributed by atoms with Crippen molar-refractivity contribution in [1.82, 2.24) is 4.98 Å². The normalized spacial score (nSPS) is 11.1. The SMILES string of the molecule is C/C=C(\C)c1nc(OC)ccc1C(=O)OC. The van der Waals surface area contributed by atoms with Crippen molar-refractivity contribution < 1.29 is 14.3 Å². The van der Waals surface area contributed by atoms with Crippen LogP contribution in [-0.4, -0.2) is 25.2 Å². The Morgan fingerprint density at radius 2 is 2.06 bits per heavy atom. The molecular weight excluding hydrogens is 206 g/mol. The average molecular weight is 221 g/mol. The molecule has 0 N–H and O–H groups in total. The number of nitrogens with zero attached hydrogens (tertiary/aromatic N) is 1. The number of ether oxygens (including phenoxy) is 2. The van der Waals surface area contributed by atoms with Crippen LogP contribution < -0.4 is 4.74 Å². The van der Waals surface area contributed by atoms with Crippen LogP contribution in [-0.2, 0) is 4.74 Å². The highest BCUT2D eigenvalue weighted by molar-refractivity contribution is 5.94. The van der Waals surface area contributed by atoms with Gasteiger partial charge >= 0.3 is 5.97 Å². The second kappa shape index (κ2) is 5.30. The summed E-state index contributed by atoms with van der Waals surface area (Å²) in [5.74, 6) is 0.0789. The van der Waals surface area contributed by atoms with Gasteiger partial charge in [0.05, 0.1) is 25.5 Å². The van der Waals surface area contributed by atoms with Gasteiger partial charge in [-0.05, 0) is 25.5 Å². The Bertz CT molecular complexity index is 424. The van der Waals surface area contributed by atoms with Crippen LogP contribution in [0.15, 0.2) is 18.2 Å². The summed E-state index contributed by atoms with van der Waals surface area (Å²) in [5, 5.41) is 0. The molecule has 0 saturated heterocycles. The van der Waals surface area contributed by atoms with Gasteiger partial charge in [0, 0.05) is 6.07 Å². The molecule has 1 aromatic rings. The van der Waals surface area contributed by atoms with E-state index in [1.54, 1.807) is 12.1 Å². The fraction of sp³-hybridized carbons (Fsp3) is 0.333. The van der Waals surface area contributed by atoms with E-state index >= 15 is 0 Å². The molecule has 0 unspecified atom stereocenters. The highest BCUT2D eigenvalue weighted by Crippen LogP contribution is 2.20. The van der Waals surface area contributed by atoms with Gasteiger partial charge in [-0.25, -0.2) is 9.78 Å². The van der Waals surface area contributed by atoms with E-state index in [0.29, 0.717) is 17.1 Å². The van der Waals surface area contributed by atoms with Gasteiger partial charge in [0.2, 0.25) is 5.88 Å². The van der Waals surface area contributed by atoms with E-state index in [1.165, 1.54) is 14.2 Å². The summed E-state index contributed by atoms with van der Waals surface area (Å²) < 4.78 is 9.73. The first kappa shape index (κ1) is 12.2. The summed E-state index contributed by atoms with van der Waals surface area (Å²) in [4.78, 5) is 15.8. The van der Waals surface area contributed by atoms with Crippen LogP contribution in [0, 0.1) is 0 Å². The zero-order valence-corrected chi connectivity index (χ0v) is 9.90. The number of allylic oxidation sites excluding steroid dienone is 2. The van der Waals surface area contributed by atoms with Gasteiger partial charge in [0.25, 0.3) is 0 Å².